The van der Waals surface area contributed by atoms with Crippen molar-refractivity contribution in [2.24, 2.45) is 0 Å². The predicted molar refractivity (Wildman–Crippen MR) is 152 cm³/mol. The highest BCUT2D eigenvalue weighted by Gasteiger charge is 2.32. The molecule has 4 rings (SSSR count). The molecule has 1 aliphatic heterocycles. The van der Waals surface area contributed by atoms with Crippen molar-refractivity contribution in [2.45, 2.75) is 32.7 Å². The molecule has 192 valence electrons. The number of nitriles is 1. The second kappa shape index (κ2) is 11.6. The molecule has 0 spiro atoms. The molecule has 1 unspecified atom stereocenters. The van der Waals surface area contributed by atoms with Gasteiger partial charge in [-0.25, -0.2) is 0 Å². The van der Waals surface area contributed by atoms with E-state index in [0.717, 1.165) is 15.7 Å². The molecule has 3 aromatic rings. The van der Waals surface area contributed by atoms with Crippen LogP contribution in [0.2, 0.25) is 0 Å². The van der Waals surface area contributed by atoms with E-state index in [9.17, 15) is 24.8 Å². The maximum Gasteiger partial charge on any atom is 0.272 e. The first-order valence-corrected chi connectivity index (χ1v) is 13.2. The summed E-state index contributed by atoms with van der Waals surface area (Å²) in [6.07, 6.45) is 2.07. The number of hydrogen-bond donors (Lipinski definition) is 1. The van der Waals surface area contributed by atoms with Gasteiger partial charge in [0.15, 0.2) is 5.78 Å². The average molecular weight is 544 g/mol. The monoisotopic (exact) mass is 543 g/mol. The molecule has 1 saturated heterocycles. The fourth-order valence-corrected chi connectivity index (χ4v) is 5.72. The summed E-state index contributed by atoms with van der Waals surface area (Å²) in [6, 6.07) is 19.8. The van der Waals surface area contributed by atoms with Gasteiger partial charge in [-0.1, -0.05) is 84.6 Å². The Hall–Kier alpha value is -4.00. The lowest BCUT2D eigenvalue weighted by molar-refractivity contribution is -0.122. The molecule has 1 N–H and O–H groups in total. The van der Waals surface area contributed by atoms with Gasteiger partial charge in [0.25, 0.3) is 11.5 Å². The van der Waals surface area contributed by atoms with Gasteiger partial charge in [-0.3, -0.25) is 23.9 Å². The number of aromatic nitrogens is 1. The number of pyridine rings is 1. The first kappa shape index (κ1) is 27.0. The summed E-state index contributed by atoms with van der Waals surface area (Å²) in [7, 11) is 0. The number of rotatable bonds is 8. The highest BCUT2D eigenvalue weighted by molar-refractivity contribution is 8.26. The fourth-order valence-electron chi connectivity index (χ4n) is 4.41. The van der Waals surface area contributed by atoms with Gasteiger partial charge in [0.2, 0.25) is 5.88 Å². The zero-order valence-electron chi connectivity index (χ0n) is 20.9. The van der Waals surface area contributed by atoms with Crippen LogP contribution in [0.15, 0.2) is 70.4 Å². The van der Waals surface area contributed by atoms with E-state index < -0.39 is 23.3 Å². The van der Waals surface area contributed by atoms with Crippen LogP contribution < -0.4 is 5.56 Å². The van der Waals surface area contributed by atoms with E-state index in [0.29, 0.717) is 9.23 Å². The first-order chi connectivity index (χ1) is 18.2. The Morgan fingerprint density at radius 3 is 2.39 bits per heavy atom. The van der Waals surface area contributed by atoms with Gasteiger partial charge in [-0.2, -0.15) is 5.26 Å². The smallest absolute Gasteiger partial charge is 0.272 e. The van der Waals surface area contributed by atoms with Crippen molar-refractivity contribution in [1.82, 2.24) is 9.47 Å². The number of ketones is 1. The number of thioether (sulfide) groups is 1. The second-order valence-electron chi connectivity index (χ2n) is 8.84. The lowest BCUT2D eigenvalue weighted by atomic mass is 9.98. The molecule has 2 aromatic carbocycles. The Labute approximate surface area is 230 Å². The van der Waals surface area contributed by atoms with Crippen molar-refractivity contribution >= 4 is 46.1 Å². The minimum Gasteiger partial charge on any atom is -0.494 e. The Balaban J connectivity index is 1.54. The molecule has 0 radical (unpaired) electrons. The fraction of sp³-hybridized carbons (Fsp3) is 0.207. The van der Waals surface area contributed by atoms with Crippen molar-refractivity contribution < 1.29 is 14.7 Å². The number of thiocarbonyl (C=S) groups is 1. The molecular formula is C29H25N3O4S2. The normalized spacial score (nSPS) is 15.1. The molecular weight excluding hydrogens is 518 g/mol. The van der Waals surface area contributed by atoms with E-state index >= 15 is 0 Å². The van der Waals surface area contributed by atoms with Crippen molar-refractivity contribution in [3.8, 4) is 11.9 Å². The zero-order valence-corrected chi connectivity index (χ0v) is 22.5. The predicted octanol–water partition coefficient (Wildman–Crippen LogP) is 5.21. The average Bonchev–Trinajstić information content (AvgIpc) is 3.17. The maximum absolute atomic E-state index is 13.3. The quantitative estimate of drug-likeness (QED) is 0.236. The molecule has 0 saturated carbocycles. The lowest BCUT2D eigenvalue weighted by Gasteiger charge is -2.21. The Morgan fingerprint density at radius 1 is 1.13 bits per heavy atom. The van der Waals surface area contributed by atoms with Crippen molar-refractivity contribution in [3.63, 3.8) is 0 Å². The molecule has 9 heteroatoms. The van der Waals surface area contributed by atoms with Gasteiger partial charge < -0.3 is 5.11 Å². The topological polar surface area (TPSA) is 103 Å². The summed E-state index contributed by atoms with van der Waals surface area (Å²) in [5, 5.41) is 20.7. The minimum absolute atomic E-state index is 0.00795. The summed E-state index contributed by atoms with van der Waals surface area (Å²) < 4.78 is 1.51. The molecule has 1 atom stereocenters. The van der Waals surface area contributed by atoms with E-state index in [1.165, 1.54) is 23.6 Å². The van der Waals surface area contributed by atoms with E-state index in [2.05, 4.69) is 0 Å². The number of amides is 1. The summed E-state index contributed by atoms with van der Waals surface area (Å²) in [4.78, 5) is 41.2. The van der Waals surface area contributed by atoms with Gasteiger partial charge in [-0.05, 0) is 43.0 Å². The van der Waals surface area contributed by atoms with Crippen LogP contribution in [0.4, 0.5) is 0 Å². The molecule has 38 heavy (non-hydrogen) atoms. The van der Waals surface area contributed by atoms with Gasteiger partial charge in [0.05, 0.1) is 16.5 Å². The van der Waals surface area contributed by atoms with E-state index in [4.69, 9.17) is 12.2 Å². The molecule has 2 heterocycles. The van der Waals surface area contributed by atoms with Crippen LogP contribution in [0, 0.1) is 18.3 Å². The molecule has 0 aliphatic carbocycles. The van der Waals surface area contributed by atoms with Gasteiger partial charge in [0.1, 0.15) is 16.0 Å². The van der Waals surface area contributed by atoms with Gasteiger partial charge in [0, 0.05) is 13.0 Å². The number of hydrogen-bond acceptors (Lipinski definition) is 7. The van der Waals surface area contributed by atoms with Crippen LogP contribution in [0.5, 0.6) is 5.88 Å². The Kier molecular flexibility index (Phi) is 8.25. The first-order valence-electron chi connectivity index (χ1n) is 12.0. The van der Waals surface area contributed by atoms with E-state index in [-0.39, 0.29) is 42.0 Å². The number of nitrogens with zero attached hydrogens (tertiary/aromatic N) is 3. The summed E-state index contributed by atoms with van der Waals surface area (Å²) in [6.45, 7) is 3.44. The number of benzene rings is 2. The summed E-state index contributed by atoms with van der Waals surface area (Å²) >= 11 is 6.61. The Bertz CT molecular complexity index is 1540. The number of carbonyl (C=O) groups is 2. The van der Waals surface area contributed by atoms with Crippen LogP contribution in [-0.2, 0) is 4.79 Å². The highest BCUT2D eigenvalue weighted by atomic mass is 32.2. The third-order valence-corrected chi connectivity index (χ3v) is 7.83. The Morgan fingerprint density at radius 2 is 1.76 bits per heavy atom. The third kappa shape index (κ3) is 5.32. The van der Waals surface area contributed by atoms with Gasteiger partial charge >= 0.3 is 0 Å². The van der Waals surface area contributed by atoms with Crippen molar-refractivity contribution in [1.29, 1.82) is 5.26 Å². The minimum atomic E-state index is -0.654. The third-order valence-electron chi connectivity index (χ3n) is 6.45. The largest absolute Gasteiger partial charge is 0.494 e. The van der Waals surface area contributed by atoms with Crippen LogP contribution in [-0.4, -0.2) is 37.1 Å². The molecule has 0 bridgehead atoms. The van der Waals surface area contributed by atoms with E-state index in [1.54, 1.807) is 25.1 Å². The SMILES string of the molecule is Cc1c(C(=O)CCCN2C(=O)/C(=C/c3ccccc3)SC2=S)c(O)n(C(C)c2ccccc2)c(=O)c1C#N. The van der Waals surface area contributed by atoms with Crippen LogP contribution >= 0.6 is 24.0 Å². The van der Waals surface area contributed by atoms with Gasteiger partial charge in [-0.15, -0.1) is 0 Å². The zero-order chi connectivity index (χ0) is 27.4. The van der Waals surface area contributed by atoms with E-state index in [1.807, 2.05) is 54.6 Å². The molecule has 1 fully saturated rings. The molecule has 1 amide bonds. The number of carbonyl (C=O) groups excluding carboxylic acids is 2. The van der Waals surface area contributed by atoms with Crippen molar-refractivity contribution in [2.75, 3.05) is 6.54 Å². The molecule has 7 nitrogen and oxygen atoms in total. The second-order valence-corrected chi connectivity index (χ2v) is 10.5. The van der Waals surface area contributed by atoms with Crippen LogP contribution in [0.1, 0.15) is 58.4 Å². The van der Waals surface area contributed by atoms with Crippen LogP contribution in [0.25, 0.3) is 6.08 Å². The summed E-state index contributed by atoms with van der Waals surface area (Å²) in [5.41, 5.74) is 0.887. The lowest BCUT2D eigenvalue weighted by Crippen LogP contribution is -2.30. The van der Waals surface area contributed by atoms with Crippen LogP contribution in [0.3, 0.4) is 0 Å². The highest BCUT2D eigenvalue weighted by Crippen LogP contribution is 2.33. The van der Waals surface area contributed by atoms with Crippen molar-refractivity contribution in [3.05, 3.63) is 104 Å². The number of aromatic hydroxyl groups is 1. The maximum atomic E-state index is 13.3. The molecule has 1 aliphatic rings. The standard InChI is InChI=1S/C29H25N3O4S2/c1-18-22(17-30)26(34)32(19(2)21-12-7-4-8-13-21)28(36)25(18)23(33)14-9-15-31-27(35)24(38-29(31)37)16-20-10-5-3-6-11-20/h3-8,10-13,16,19,36H,9,14-15H2,1-2H3/b24-16-. The number of Topliss-reactive ketones (excluding diaryl/α,β-unsaturated/α-hetero) is 1. The molecule has 1 aromatic heterocycles. The summed E-state index contributed by atoms with van der Waals surface area (Å²) in [5.74, 6) is -1.10.